The van der Waals surface area contributed by atoms with Gasteiger partial charge in [0.2, 0.25) is 0 Å². The van der Waals surface area contributed by atoms with Gasteiger partial charge in [-0.05, 0) is 48.9 Å². The Labute approximate surface area is 103 Å². The highest BCUT2D eigenvalue weighted by molar-refractivity contribution is 5.11. The van der Waals surface area contributed by atoms with E-state index in [1.807, 2.05) is 0 Å². The Morgan fingerprint density at radius 3 is 2.31 bits per heavy atom. The number of allylic oxidation sites excluding steroid dienone is 2. The topological polar surface area (TPSA) is 0 Å². The Bertz CT molecular complexity index is 234. The largest absolute Gasteiger partial charge is 0.0877 e. The zero-order valence-corrected chi connectivity index (χ0v) is 12.0. The fourth-order valence-electron chi connectivity index (χ4n) is 3.63. The van der Waals surface area contributed by atoms with Crippen LogP contribution in [0.15, 0.2) is 12.2 Å². The molecule has 0 heterocycles. The van der Waals surface area contributed by atoms with Crippen LogP contribution in [0, 0.1) is 16.7 Å². The predicted molar refractivity (Wildman–Crippen MR) is 73.6 cm³/mol. The molecule has 16 heavy (non-hydrogen) atoms. The summed E-state index contributed by atoms with van der Waals surface area (Å²) >= 11 is 0. The smallest absolute Gasteiger partial charge is 0.00621 e. The van der Waals surface area contributed by atoms with E-state index in [1.54, 1.807) is 0 Å². The van der Waals surface area contributed by atoms with Crippen molar-refractivity contribution in [2.24, 2.45) is 16.7 Å². The third-order valence-electron chi connectivity index (χ3n) is 5.15. The van der Waals surface area contributed by atoms with E-state index in [9.17, 15) is 0 Å². The van der Waals surface area contributed by atoms with Crippen LogP contribution in [-0.2, 0) is 0 Å². The van der Waals surface area contributed by atoms with E-state index in [2.05, 4.69) is 46.8 Å². The van der Waals surface area contributed by atoms with Crippen molar-refractivity contribution < 1.29 is 0 Å². The molecule has 0 nitrogen and oxygen atoms in total. The van der Waals surface area contributed by atoms with Gasteiger partial charge in [0.15, 0.2) is 0 Å². The molecule has 94 valence electrons. The highest BCUT2D eigenvalue weighted by Crippen LogP contribution is 2.54. The summed E-state index contributed by atoms with van der Waals surface area (Å²) in [5.74, 6) is 0.869. The molecular formula is C16H30. The number of hydrogen-bond acceptors (Lipinski definition) is 0. The summed E-state index contributed by atoms with van der Waals surface area (Å²) in [6.45, 7) is 12.0. The average Bonchev–Trinajstić information content (AvgIpc) is 2.28. The van der Waals surface area contributed by atoms with Crippen LogP contribution in [0.3, 0.4) is 0 Å². The van der Waals surface area contributed by atoms with Crippen LogP contribution in [-0.4, -0.2) is 0 Å². The number of rotatable bonds is 5. The van der Waals surface area contributed by atoms with Crippen LogP contribution in [0.5, 0.6) is 0 Å². The second-order valence-corrected chi connectivity index (χ2v) is 6.12. The zero-order chi connectivity index (χ0) is 12.2. The van der Waals surface area contributed by atoms with Gasteiger partial charge in [0.05, 0.1) is 0 Å². The maximum absolute atomic E-state index is 2.57. The van der Waals surface area contributed by atoms with Gasteiger partial charge in [0, 0.05) is 0 Å². The lowest BCUT2D eigenvalue weighted by Crippen LogP contribution is -2.40. The van der Waals surface area contributed by atoms with Gasteiger partial charge in [0.25, 0.3) is 0 Å². The molecule has 0 heteroatoms. The van der Waals surface area contributed by atoms with Crippen molar-refractivity contribution in [1.82, 2.24) is 0 Å². The Balaban J connectivity index is 3.04. The molecular weight excluding hydrogens is 192 g/mol. The summed E-state index contributed by atoms with van der Waals surface area (Å²) in [7, 11) is 0. The summed E-state index contributed by atoms with van der Waals surface area (Å²) in [5, 5.41) is 0. The molecule has 0 radical (unpaired) electrons. The molecule has 0 spiro atoms. The van der Waals surface area contributed by atoms with Gasteiger partial charge in [0.1, 0.15) is 0 Å². The van der Waals surface area contributed by atoms with Crippen LogP contribution in [0.1, 0.15) is 73.1 Å². The summed E-state index contributed by atoms with van der Waals surface area (Å²) in [5.41, 5.74) is 0.969. The molecule has 0 aliphatic heterocycles. The van der Waals surface area contributed by atoms with Gasteiger partial charge in [-0.1, -0.05) is 53.2 Å². The highest BCUT2D eigenvalue weighted by atomic mass is 14.5. The predicted octanol–water partition coefficient (Wildman–Crippen LogP) is 5.59. The first-order valence-corrected chi connectivity index (χ1v) is 7.21. The van der Waals surface area contributed by atoms with Crippen molar-refractivity contribution in [3.05, 3.63) is 12.2 Å². The fourth-order valence-corrected chi connectivity index (χ4v) is 3.63. The third-order valence-corrected chi connectivity index (χ3v) is 5.15. The maximum Gasteiger partial charge on any atom is -0.00621 e. The molecule has 0 saturated heterocycles. The lowest BCUT2D eigenvalue weighted by molar-refractivity contribution is 0.0482. The molecule has 0 aromatic heterocycles. The van der Waals surface area contributed by atoms with Crippen molar-refractivity contribution in [2.75, 3.05) is 0 Å². The highest BCUT2D eigenvalue weighted by Gasteiger charge is 2.44. The van der Waals surface area contributed by atoms with Crippen LogP contribution < -0.4 is 0 Å². The molecule has 0 N–H and O–H groups in total. The molecule has 0 aromatic carbocycles. The van der Waals surface area contributed by atoms with E-state index in [4.69, 9.17) is 0 Å². The first kappa shape index (κ1) is 13.8. The second-order valence-electron chi connectivity index (χ2n) is 6.12. The minimum Gasteiger partial charge on any atom is -0.0877 e. The van der Waals surface area contributed by atoms with Crippen LogP contribution in [0.4, 0.5) is 0 Å². The minimum atomic E-state index is 0.475. The van der Waals surface area contributed by atoms with Crippen LogP contribution >= 0.6 is 0 Å². The molecule has 2 unspecified atom stereocenters. The Kier molecular flexibility index (Phi) is 4.64. The van der Waals surface area contributed by atoms with E-state index in [0.717, 1.165) is 5.92 Å². The molecule has 1 aliphatic carbocycles. The minimum absolute atomic E-state index is 0.475. The summed E-state index contributed by atoms with van der Waals surface area (Å²) in [6, 6.07) is 0. The number of hydrogen-bond donors (Lipinski definition) is 0. The molecule has 0 fully saturated rings. The fraction of sp³-hybridized carbons (Fsp3) is 0.875. The van der Waals surface area contributed by atoms with Gasteiger partial charge >= 0.3 is 0 Å². The molecule has 0 amide bonds. The monoisotopic (exact) mass is 222 g/mol. The van der Waals surface area contributed by atoms with Crippen molar-refractivity contribution in [1.29, 1.82) is 0 Å². The van der Waals surface area contributed by atoms with Gasteiger partial charge < -0.3 is 0 Å². The molecule has 0 aromatic rings. The molecule has 0 saturated carbocycles. The SMILES string of the molecule is CCCC1(C(C)(CC)CC)C=CCC(C)C1. The molecule has 1 aliphatic rings. The summed E-state index contributed by atoms with van der Waals surface area (Å²) < 4.78 is 0. The van der Waals surface area contributed by atoms with Crippen molar-refractivity contribution >= 4 is 0 Å². The van der Waals surface area contributed by atoms with E-state index in [1.165, 1.54) is 38.5 Å². The van der Waals surface area contributed by atoms with Gasteiger partial charge in [-0.15, -0.1) is 0 Å². The van der Waals surface area contributed by atoms with E-state index in [0.29, 0.717) is 10.8 Å². The Morgan fingerprint density at radius 1 is 1.25 bits per heavy atom. The Hall–Kier alpha value is -0.260. The molecule has 0 bridgehead atoms. The van der Waals surface area contributed by atoms with E-state index < -0.39 is 0 Å². The lowest BCUT2D eigenvalue weighted by atomic mass is 9.55. The van der Waals surface area contributed by atoms with E-state index >= 15 is 0 Å². The average molecular weight is 222 g/mol. The quantitative estimate of drug-likeness (QED) is 0.532. The van der Waals surface area contributed by atoms with Crippen molar-refractivity contribution in [3.8, 4) is 0 Å². The molecule has 2 atom stereocenters. The first-order valence-electron chi connectivity index (χ1n) is 7.21. The standard InChI is InChI=1S/C16H30/c1-6-11-16(15(5,7-2)8-3)12-9-10-14(4)13-16/h9,12,14H,6-8,10-11,13H2,1-5H3. The van der Waals surface area contributed by atoms with Gasteiger partial charge in [-0.2, -0.15) is 0 Å². The van der Waals surface area contributed by atoms with Crippen molar-refractivity contribution in [3.63, 3.8) is 0 Å². The van der Waals surface area contributed by atoms with Crippen LogP contribution in [0.25, 0.3) is 0 Å². The second kappa shape index (κ2) is 5.38. The summed E-state index contributed by atoms with van der Waals surface area (Å²) in [4.78, 5) is 0. The lowest BCUT2D eigenvalue weighted by Gasteiger charge is -2.50. The van der Waals surface area contributed by atoms with Gasteiger partial charge in [-0.3, -0.25) is 0 Å². The molecule has 1 rings (SSSR count). The van der Waals surface area contributed by atoms with Gasteiger partial charge in [-0.25, -0.2) is 0 Å². The van der Waals surface area contributed by atoms with Crippen molar-refractivity contribution in [2.45, 2.75) is 73.1 Å². The maximum atomic E-state index is 2.57. The third kappa shape index (κ3) is 2.36. The normalized spacial score (nSPS) is 30.7. The first-order chi connectivity index (χ1) is 7.53. The Morgan fingerprint density at radius 2 is 1.88 bits per heavy atom. The zero-order valence-electron chi connectivity index (χ0n) is 12.0. The van der Waals surface area contributed by atoms with E-state index in [-0.39, 0.29) is 0 Å². The summed E-state index contributed by atoms with van der Waals surface area (Å²) in [6.07, 6.45) is 13.0. The van der Waals surface area contributed by atoms with Crippen LogP contribution in [0.2, 0.25) is 0 Å².